The Kier molecular flexibility index (Phi) is 6.29. The second kappa shape index (κ2) is 8.88. The number of hydrogen-bond donors (Lipinski definition) is 1. The van der Waals surface area contributed by atoms with Crippen molar-refractivity contribution in [1.82, 2.24) is 0 Å². The molecule has 33 heavy (non-hydrogen) atoms. The summed E-state index contributed by atoms with van der Waals surface area (Å²) in [6, 6.07) is 17.1. The average Bonchev–Trinajstić information content (AvgIpc) is 3.08. The van der Waals surface area contributed by atoms with Crippen LogP contribution in [0.5, 0.6) is 0 Å². The molecule has 172 valence electrons. The van der Waals surface area contributed by atoms with E-state index < -0.39 is 10.0 Å². The molecule has 7 heteroatoms. The molecule has 1 atom stereocenters. The van der Waals surface area contributed by atoms with Crippen molar-refractivity contribution in [3.05, 3.63) is 88.0 Å². The highest BCUT2D eigenvalue weighted by molar-refractivity contribution is 8.00. The summed E-state index contributed by atoms with van der Waals surface area (Å²) >= 11 is 1.55. The first-order chi connectivity index (χ1) is 15.6. The number of rotatable bonds is 5. The van der Waals surface area contributed by atoms with E-state index in [-0.39, 0.29) is 11.3 Å². The van der Waals surface area contributed by atoms with Crippen LogP contribution in [0.3, 0.4) is 0 Å². The molecule has 1 heterocycles. The van der Waals surface area contributed by atoms with E-state index in [4.69, 9.17) is 0 Å². The van der Waals surface area contributed by atoms with Gasteiger partial charge in [-0.05, 0) is 75.1 Å². The maximum atomic E-state index is 13.2. The first kappa shape index (κ1) is 23.4. The molecule has 1 aliphatic heterocycles. The highest BCUT2D eigenvalue weighted by Gasteiger charge is 2.35. The summed E-state index contributed by atoms with van der Waals surface area (Å²) in [5.74, 6) is 0.434. The van der Waals surface area contributed by atoms with Crippen molar-refractivity contribution in [2.45, 2.75) is 44.9 Å². The van der Waals surface area contributed by atoms with E-state index in [2.05, 4.69) is 10.8 Å². The minimum absolute atomic E-state index is 0.0499. The Balaban J connectivity index is 1.67. The number of benzene rings is 3. The number of nitrogens with one attached hydrogen (secondary N) is 1. The van der Waals surface area contributed by atoms with Gasteiger partial charge in [0.05, 0.1) is 10.6 Å². The van der Waals surface area contributed by atoms with Crippen molar-refractivity contribution in [2.24, 2.45) is 0 Å². The van der Waals surface area contributed by atoms with Crippen molar-refractivity contribution in [3.63, 3.8) is 0 Å². The molecule has 4 rings (SSSR count). The number of carbonyl (C=O) groups excluding carboxylic acids is 1. The van der Waals surface area contributed by atoms with Crippen LogP contribution in [-0.4, -0.2) is 20.1 Å². The molecule has 1 N–H and O–H groups in total. The second-order valence-corrected chi connectivity index (χ2v) is 11.4. The third kappa shape index (κ3) is 4.66. The Bertz CT molecular complexity index is 1330. The molecule has 0 saturated carbocycles. The molecular formula is C26H28N2O3S2. The molecule has 3 aromatic rings. The molecule has 0 aromatic heterocycles. The summed E-state index contributed by atoms with van der Waals surface area (Å²) < 4.78 is 29.2. The molecule has 3 aromatic carbocycles. The lowest BCUT2D eigenvalue weighted by Gasteiger charge is -2.26. The highest BCUT2D eigenvalue weighted by atomic mass is 32.2. The van der Waals surface area contributed by atoms with Crippen molar-refractivity contribution >= 4 is 39.1 Å². The fraction of sp³-hybridized carbons (Fsp3) is 0.269. The fourth-order valence-corrected chi connectivity index (χ4v) is 7.22. The SMILES string of the molecule is Cc1ccc(N2C(=O)CS[C@H]2c2cccc(NS(=O)(=O)c3c(C)cc(C)cc3C)c2)c(C)c1. The van der Waals surface area contributed by atoms with Crippen LogP contribution in [-0.2, 0) is 14.8 Å². The minimum atomic E-state index is -3.76. The average molecular weight is 481 g/mol. The van der Waals surface area contributed by atoms with E-state index in [0.29, 0.717) is 27.5 Å². The lowest BCUT2D eigenvalue weighted by Crippen LogP contribution is -2.28. The standard InChI is InChI=1S/C26H28N2O3S2/c1-16-9-10-23(18(3)11-16)28-24(29)15-32-26(28)21-7-6-8-22(14-21)27-33(30,31)25-19(4)12-17(2)13-20(25)5/h6-14,26-27H,15H2,1-5H3/t26-/m0/s1. The predicted octanol–water partition coefficient (Wildman–Crippen LogP) is 5.81. The van der Waals surface area contributed by atoms with Crippen molar-refractivity contribution in [3.8, 4) is 0 Å². The Hall–Kier alpha value is -2.77. The number of anilines is 2. The van der Waals surface area contributed by atoms with Gasteiger partial charge in [-0.1, -0.05) is 47.5 Å². The Morgan fingerprint density at radius 1 is 0.879 bits per heavy atom. The van der Waals surface area contributed by atoms with Gasteiger partial charge in [0.2, 0.25) is 5.91 Å². The molecular weight excluding hydrogens is 452 g/mol. The van der Waals surface area contributed by atoms with Crippen LogP contribution < -0.4 is 9.62 Å². The molecule has 0 bridgehead atoms. The number of amides is 1. The van der Waals surface area contributed by atoms with Crippen LogP contribution in [0.25, 0.3) is 0 Å². The Morgan fingerprint density at radius 2 is 1.55 bits per heavy atom. The number of thioether (sulfide) groups is 1. The van der Waals surface area contributed by atoms with Crippen molar-refractivity contribution < 1.29 is 13.2 Å². The zero-order valence-electron chi connectivity index (χ0n) is 19.5. The van der Waals surface area contributed by atoms with E-state index in [1.54, 1.807) is 17.8 Å². The van der Waals surface area contributed by atoms with Gasteiger partial charge < -0.3 is 0 Å². The van der Waals surface area contributed by atoms with Crippen molar-refractivity contribution in [2.75, 3.05) is 15.4 Å². The zero-order valence-corrected chi connectivity index (χ0v) is 21.1. The molecule has 1 fully saturated rings. The molecule has 0 aliphatic carbocycles. The molecule has 1 amide bonds. The molecule has 0 spiro atoms. The van der Waals surface area contributed by atoms with Gasteiger partial charge in [-0.15, -0.1) is 11.8 Å². The quantitative estimate of drug-likeness (QED) is 0.501. The zero-order chi connectivity index (χ0) is 23.9. The number of aryl methyl sites for hydroxylation is 5. The summed E-state index contributed by atoms with van der Waals surface area (Å²) in [6.45, 7) is 9.62. The smallest absolute Gasteiger partial charge is 0.262 e. The molecule has 0 radical (unpaired) electrons. The van der Waals surface area contributed by atoms with Crippen LogP contribution in [0.15, 0.2) is 59.5 Å². The molecule has 5 nitrogen and oxygen atoms in total. The van der Waals surface area contributed by atoms with Crippen molar-refractivity contribution in [1.29, 1.82) is 0 Å². The largest absolute Gasteiger partial charge is 0.295 e. The van der Waals surface area contributed by atoms with E-state index in [1.165, 1.54) is 0 Å². The van der Waals surface area contributed by atoms with Gasteiger partial charge in [-0.3, -0.25) is 14.4 Å². The second-order valence-electron chi connectivity index (χ2n) is 8.68. The highest BCUT2D eigenvalue weighted by Crippen LogP contribution is 2.43. The van der Waals surface area contributed by atoms with Gasteiger partial charge in [0, 0.05) is 11.4 Å². The van der Waals surface area contributed by atoms with Gasteiger partial charge >= 0.3 is 0 Å². The number of hydrogen-bond acceptors (Lipinski definition) is 4. The van der Waals surface area contributed by atoms with Gasteiger partial charge in [0.25, 0.3) is 10.0 Å². The fourth-order valence-electron chi connectivity index (χ4n) is 4.56. The number of nitrogens with zero attached hydrogens (tertiary/aromatic N) is 1. The lowest BCUT2D eigenvalue weighted by atomic mass is 10.1. The maximum Gasteiger partial charge on any atom is 0.262 e. The summed E-state index contributed by atoms with van der Waals surface area (Å²) in [5, 5.41) is -0.216. The maximum absolute atomic E-state index is 13.2. The third-order valence-corrected chi connectivity index (χ3v) is 8.68. The van der Waals surface area contributed by atoms with Gasteiger partial charge in [0.15, 0.2) is 0 Å². The van der Waals surface area contributed by atoms with Crippen LogP contribution >= 0.6 is 11.8 Å². The number of carbonyl (C=O) groups is 1. The van der Waals surface area contributed by atoms with Crippen LogP contribution in [0.4, 0.5) is 11.4 Å². The Morgan fingerprint density at radius 3 is 2.21 bits per heavy atom. The summed E-state index contributed by atoms with van der Waals surface area (Å²) in [6.07, 6.45) is 0. The first-order valence-electron chi connectivity index (χ1n) is 10.8. The monoisotopic (exact) mass is 480 g/mol. The minimum Gasteiger partial charge on any atom is -0.295 e. The molecule has 1 saturated heterocycles. The first-order valence-corrected chi connectivity index (χ1v) is 13.3. The van der Waals surface area contributed by atoms with Crippen LogP contribution in [0, 0.1) is 34.6 Å². The summed E-state index contributed by atoms with van der Waals surface area (Å²) in [7, 11) is -3.76. The van der Waals surface area contributed by atoms with Crippen LogP contribution in [0.1, 0.15) is 38.8 Å². The third-order valence-electron chi connectivity index (χ3n) is 5.78. The number of sulfonamides is 1. The molecule has 0 unspecified atom stereocenters. The normalized spacial score (nSPS) is 16.3. The van der Waals surface area contributed by atoms with Gasteiger partial charge in [0.1, 0.15) is 5.37 Å². The van der Waals surface area contributed by atoms with E-state index >= 15 is 0 Å². The van der Waals surface area contributed by atoms with Gasteiger partial charge in [-0.2, -0.15) is 0 Å². The van der Waals surface area contributed by atoms with Gasteiger partial charge in [-0.25, -0.2) is 8.42 Å². The lowest BCUT2D eigenvalue weighted by molar-refractivity contribution is -0.115. The summed E-state index contributed by atoms with van der Waals surface area (Å²) in [5.41, 5.74) is 6.89. The van der Waals surface area contributed by atoms with Crippen LogP contribution in [0.2, 0.25) is 0 Å². The molecule has 1 aliphatic rings. The Labute approximate surface area is 200 Å². The topological polar surface area (TPSA) is 66.5 Å². The predicted molar refractivity (Wildman–Crippen MR) is 137 cm³/mol. The van der Waals surface area contributed by atoms with E-state index in [1.807, 2.05) is 82.0 Å². The summed E-state index contributed by atoms with van der Waals surface area (Å²) in [4.78, 5) is 14.9. The van der Waals surface area contributed by atoms with E-state index in [9.17, 15) is 13.2 Å². The van der Waals surface area contributed by atoms with E-state index in [0.717, 1.165) is 27.9 Å².